The number of sulfone groups is 1. The molecule has 0 aliphatic heterocycles. The maximum Gasteiger partial charge on any atom is 0.184 e. The van der Waals surface area contributed by atoms with Gasteiger partial charge in [-0.3, -0.25) is 0 Å². The first kappa shape index (κ1) is 15.5. The fourth-order valence-electron chi connectivity index (χ4n) is 2.96. The van der Waals surface area contributed by atoms with Crippen molar-refractivity contribution in [2.75, 3.05) is 7.11 Å². The zero-order valence-corrected chi connectivity index (χ0v) is 13.3. The highest BCUT2D eigenvalue weighted by Crippen LogP contribution is 2.55. The molecule has 0 unspecified atom stereocenters. The number of ether oxygens (including phenoxy) is 1. The van der Waals surface area contributed by atoms with Crippen molar-refractivity contribution in [3.05, 3.63) is 60.2 Å². The second kappa shape index (κ2) is 5.37. The van der Waals surface area contributed by atoms with E-state index in [0.717, 1.165) is 5.56 Å². The maximum atomic E-state index is 12.8. The minimum atomic E-state index is -3.68. The summed E-state index contributed by atoms with van der Waals surface area (Å²) in [6, 6.07) is 17.1. The number of nitrogens with zero attached hydrogens (tertiary/aromatic N) is 1. The minimum absolute atomic E-state index is 0.186. The molecule has 2 N–H and O–H groups in total. The smallest absolute Gasteiger partial charge is 0.184 e. The average molecular weight is 328 g/mol. The van der Waals surface area contributed by atoms with E-state index in [9.17, 15) is 13.7 Å². The van der Waals surface area contributed by atoms with Gasteiger partial charge in [0.15, 0.2) is 9.84 Å². The van der Waals surface area contributed by atoms with Gasteiger partial charge in [-0.1, -0.05) is 30.3 Å². The normalized spacial score (nSPS) is 26.3. The van der Waals surface area contributed by atoms with Crippen LogP contribution in [0.15, 0.2) is 59.5 Å². The second-order valence-electron chi connectivity index (χ2n) is 5.57. The topological polar surface area (TPSA) is 93.2 Å². The third-order valence-electron chi connectivity index (χ3n) is 4.25. The van der Waals surface area contributed by atoms with E-state index >= 15 is 0 Å². The van der Waals surface area contributed by atoms with Gasteiger partial charge < -0.3 is 10.5 Å². The van der Waals surface area contributed by atoms with E-state index in [2.05, 4.69) is 0 Å². The number of nitriles is 1. The van der Waals surface area contributed by atoms with E-state index in [1.54, 1.807) is 49.6 Å². The van der Waals surface area contributed by atoms with E-state index in [4.69, 9.17) is 10.5 Å². The molecule has 0 bridgehead atoms. The number of nitrogens with two attached hydrogens (primary N) is 1. The molecule has 2 aromatic rings. The Balaban J connectivity index is 2.01. The molecule has 0 heterocycles. The van der Waals surface area contributed by atoms with Crippen molar-refractivity contribution in [1.82, 2.24) is 0 Å². The summed E-state index contributed by atoms with van der Waals surface area (Å²) in [5.41, 5.74) is 5.40. The quantitative estimate of drug-likeness (QED) is 0.924. The van der Waals surface area contributed by atoms with Crippen molar-refractivity contribution in [3.63, 3.8) is 0 Å². The highest BCUT2D eigenvalue weighted by Gasteiger charge is 2.70. The van der Waals surface area contributed by atoms with Crippen molar-refractivity contribution in [2.45, 2.75) is 21.6 Å². The summed E-state index contributed by atoms with van der Waals surface area (Å²) in [5.74, 6) is 0.111. The number of hydrogen-bond acceptors (Lipinski definition) is 5. The lowest BCUT2D eigenvalue weighted by Gasteiger charge is -2.04. The van der Waals surface area contributed by atoms with Crippen LogP contribution in [-0.4, -0.2) is 26.3 Å². The lowest BCUT2D eigenvalue weighted by Crippen LogP contribution is -2.29. The predicted octanol–water partition coefficient (Wildman–Crippen LogP) is 1.86. The van der Waals surface area contributed by atoms with E-state index in [1.165, 1.54) is 12.1 Å². The molecule has 118 valence electrons. The Kier molecular flexibility index (Phi) is 3.63. The Bertz CT molecular complexity index is 857. The molecule has 5 nitrogen and oxygen atoms in total. The van der Waals surface area contributed by atoms with Gasteiger partial charge in [-0.2, -0.15) is 5.26 Å². The van der Waals surface area contributed by atoms with Crippen LogP contribution in [0.4, 0.5) is 0 Å². The number of benzene rings is 2. The van der Waals surface area contributed by atoms with E-state index in [-0.39, 0.29) is 4.90 Å². The number of hydrogen-bond donors (Lipinski definition) is 1. The Hall–Kier alpha value is -2.36. The van der Waals surface area contributed by atoms with E-state index in [1.807, 2.05) is 6.07 Å². The molecule has 3 rings (SSSR count). The molecule has 0 radical (unpaired) electrons. The molecule has 6 heteroatoms. The van der Waals surface area contributed by atoms with Crippen molar-refractivity contribution < 1.29 is 13.2 Å². The van der Waals surface area contributed by atoms with Gasteiger partial charge in [0.1, 0.15) is 16.5 Å². The molecule has 0 spiro atoms. The summed E-state index contributed by atoms with van der Waals surface area (Å²) in [4.78, 5) is 0.186. The number of methoxy groups -OCH3 is 1. The van der Waals surface area contributed by atoms with Gasteiger partial charge in [0, 0.05) is 5.92 Å². The minimum Gasteiger partial charge on any atom is -0.497 e. The SMILES string of the molecule is COc1ccc([C@@H]2[C@@H](S(=O)(=O)c3ccccc3)[C@]2(N)C#N)cc1. The van der Waals surface area contributed by atoms with Crippen molar-refractivity contribution in [3.8, 4) is 11.8 Å². The lowest BCUT2D eigenvalue weighted by atomic mass is 10.1. The third kappa shape index (κ3) is 2.38. The lowest BCUT2D eigenvalue weighted by molar-refractivity contribution is 0.414. The average Bonchev–Trinajstić information content (AvgIpc) is 3.23. The molecule has 1 aliphatic rings. The zero-order chi connectivity index (χ0) is 16.7. The fraction of sp³-hybridized carbons (Fsp3) is 0.235. The molecule has 1 fully saturated rings. The van der Waals surface area contributed by atoms with Gasteiger partial charge in [-0.25, -0.2) is 8.42 Å². The van der Waals surface area contributed by atoms with Crippen LogP contribution in [0.5, 0.6) is 5.75 Å². The molecule has 1 saturated carbocycles. The molecule has 2 aromatic carbocycles. The highest BCUT2D eigenvalue weighted by atomic mass is 32.2. The summed E-state index contributed by atoms with van der Waals surface area (Å²) in [6.45, 7) is 0. The highest BCUT2D eigenvalue weighted by molar-refractivity contribution is 7.92. The van der Waals surface area contributed by atoms with Gasteiger partial charge >= 0.3 is 0 Å². The van der Waals surface area contributed by atoms with Crippen LogP contribution in [-0.2, 0) is 9.84 Å². The first-order valence-corrected chi connectivity index (χ1v) is 8.63. The van der Waals surface area contributed by atoms with Crippen LogP contribution in [0.25, 0.3) is 0 Å². The molecular formula is C17H16N2O3S. The summed E-state index contributed by atoms with van der Waals surface area (Å²) in [5, 5.41) is 8.47. The van der Waals surface area contributed by atoms with Crippen LogP contribution in [0.2, 0.25) is 0 Å². The van der Waals surface area contributed by atoms with Crippen molar-refractivity contribution in [2.24, 2.45) is 5.73 Å². The molecular weight excluding hydrogens is 312 g/mol. The molecule has 0 saturated heterocycles. The Morgan fingerprint density at radius 3 is 2.26 bits per heavy atom. The fourth-order valence-corrected chi connectivity index (χ4v) is 5.17. The Morgan fingerprint density at radius 1 is 1.13 bits per heavy atom. The molecule has 0 aromatic heterocycles. The zero-order valence-electron chi connectivity index (χ0n) is 12.5. The van der Waals surface area contributed by atoms with Crippen molar-refractivity contribution >= 4 is 9.84 Å². The Morgan fingerprint density at radius 2 is 1.74 bits per heavy atom. The first-order valence-electron chi connectivity index (χ1n) is 7.08. The van der Waals surface area contributed by atoms with E-state index in [0.29, 0.717) is 5.75 Å². The van der Waals surface area contributed by atoms with Gasteiger partial charge in [-0.15, -0.1) is 0 Å². The molecule has 23 heavy (non-hydrogen) atoms. The summed E-state index contributed by atoms with van der Waals surface area (Å²) in [7, 11) is -2.12. The van der Waals surface area contributed by atoms with E-state index < -0.39 is 26.5 Å². The summed E-state index contributed by atoms with van der Waals surface area (Å²) in [6.07, 6.45) is 0. The number of rotatable bonds is 4. The van der Waals surface area contributed by atoms with Crippen LogP contribution < -0.4 is 10.5 Å². The van der Waals surface area contributed by atoms with Crippen molar-refractivity contribution in [1.29, 1.82) is 5.26 Å². The van der Waals surface area contributed by atoms with Crippen LogP contribution in [0.1, 0.15) is 11.5 Å². The Labute approximate surface area is 135 Å². The maximum absolute atomic E-state index is 12.8. The largest absolute Gasteiger partial charge is 0.497 e. The third-order valence-corrected chi connectivity index (χ3v) is 6.51. The molecule has 1 aliphatic carbocycles. The first-order chi connectivity index (χ1) is 10.9. The van der Waals surface area contributed by atoms with Gasteiger partial charge in [0.05, 0.1) is 18.1 Å². The van der Waals surface area contributed by atoms with Crippen LogP contribution >= 0.6 is 0 Å². The molecule has 3 atom stereocenters. The molecule has 0 amide bonds. The van der Waals surface area contributed by atoms with Crippen LogP contribution in [0, 0.1) is 11.3 Å². The standard InChI is InChI=1S/C17H16N2O3S/c1-22-13-9-7-12(8-10-13)15-16(17(15,19)11-18)23(20,21)14-5-3-2-4-6-14/h2-10,15-16H,19H2,1H3/t15-,16-,17+/m1/s1. The monoisotopic (exact) mass is 328 g/mol. The summed E-state index contributed by atoms with van der Waals surface area (Å²) < 4.78 is 30.7. The summed E-state index contributed by atoms with van der Waals surface area (Å²) >= 11 is 0. The van der Waals surface area contributed by atoms with Gasteiger partial charge in [-0.05, 0) is 29.8 Å². The van der Waals surface area contributed by atoms with Gasteiger partial charge in [0.25, 0.3) is 0 Å². The predicted molar refractivity (Wildman–Crippen MR) is 85.7 cm³/mol. The van der Waals surface area contributed by atoms with Crippen LogP contribution in [0.3, 0.4) is 0 Å². The second-order valence-corrected chi connectivity index (χ2v) is 7.64. The van der Waals surface area contributed by atoms with Gasteiger partial charge in [0.2, 0.25) is 0 Å².